The SMILES string of the molecule is C[C@H](NC(=O)[C@H](CO)NC(=O)[C@H](Cc1ccc(O)cc1)NC(=O)[C@H](Cc1ccc(O)cc1)NC(=O)[C@H](Cc1ccc(O)cc1)NC(=O)[C@@H]1CCCN1C(=O)[C@@H](N)CO)C(=O)O. The lowest BCUT2D eigenvalue weighted by Crippen LogP contribution is -2.61. The number of nitrogens with zero attached hydrogens (tertiary/aromatic N) is 1. The number of rotatable bonds is 20. The Hall–Kier alpha value is -6.77. The third kappa shape index (κ3) is 13.6. The van der Waals surface area contributed by atoms with Crippen LogP contribution in [0.2, 0.25) is 0 Å². The number of amides is 6. The molecule has 1 saturated heterocycles. The van der Waals surface area contributed by atoms with E-state index >= 15 is 0 Å². The quantitative estimate of drug-likeness (QED) is 0.0568. The monoisotopic (exact) mass is 849 g/mol. The summed E-state index contributed by atoms with van der Waals surface area (Å²) >= 11 is 0. The van der Waals surface area contributed by atoms with Crippen LogP contribution in [0.3, 0.4) is 0 Å². The molecule has 1 heterocycles. The number of likely N-dealkylation sites (tertiary alicyclic amines) is 1. The predicted octanol–water partition coefficient (Wildman–Crippen LogP) is -2.34. The Morgan fingerprint density at radius 2 is 0.984 bits per heavy atom. The molecule has 7 atom stereocenters. The van der Waals surface area contributed by atoms with E-state index in [-0.39, 0.29) is 49.5 Å². The number of aliphatic hydroxyl groups is 2. The van der Waals surface area contributed by atoms with Gasteiger partial charge in [0, 0.05) is 25.8 Å². The second-order valence-electron chi connectivity index (χ2n) is 14.6. The second kappa shape index (κ2) is 22.0. The number of phenols is 3. The van der Waals surface area contributed by atoms with E-state index in [0.29, 0.717) is 23.1 Å². The largest absolute Gasteiger partial charge is 0.508 e. The highest BCUT2D eigenvalue weighted by Gasteiger charge is 2.38. The number of aliphatic carboxylic acids is 1. The van der Waals surface area contributed by atoms with Crippen LogP contribution in [0.4, 0.5) is 0 Å². The molecule has 0 aromatic heterocycles. The predicted molar refractivity (Wildman–Crippen MR) is 215 cm³/mol. The molecule has 328 valence electrons. The van der Waals surface area contributed by atoms with Crippen LogP contribution in [-0.4, -0.2) is 139 Å². The van der Waals surface area contributed by atoms with Crippen molar-refractivity contribution in [1.82, 2.24) is 31.5 Å². The number of hydrogen-bond donors (Lipinski definition) is 12. The lowest BCUT2D eigenvalue weighted by molar-refractivity contribution is -0.142. The molecule has 4 rings (SSSR count). The average molecular weight is 850 g/mol. The lowest BCUT2D eigenvalue weighted by Gasteiger charge is -2.29. The number of hydrogen-bond acceptors (Lipinski definition) is 13. The minimum absolute atomic E-state index is 0.0635. The minimum Gasteiger partial charge on any atom is -0.508 e. The number of benzene rings is 3. The van der Waals surface area contributed by atoms with E-state index in [1.807, 2.05) is 0 Å². The van der Waals surface area contributed by atoms with Crippen molar-refractivity contribution >= 4 is 41.4 Å². The summed E-state index contributed by atoms with van der Waals surface area (Å²) in [6.07, 6.45) is 0.0645. The fraction of sp³-hybridized carbons (Fsp3) is 0.390. The van der Waals surface area contributed by atoms with Gasteiger partial charge in [0.05, 0.1) is 13.2 Å². The van der Waals surface area contributed by atoms with Crippen LogP contribution in [0.5, 0.6) is 17.2 Å². The first-order chi connectivity index (χ1) is 29.0. The zero-order chi connectivity index (χ0) is 44.8. The van der Waals surface area contributed by atoms with Gasteiger partial charge in [-0.15, -0.1) is 0 Å². The van der Waals surface area contributed by atoms with Crippen LogP contribution in [0.1, 0.15) is 36.5 Å². The molecule has 0 unspecified atom stereocenters. The third-order valence-electron chi connectivity index (χ3n) is 9.92. The van der Waals surface area contributed by atoms with Crippen molar-refractivity contribution in [3.05, 3.63) is 89.5 Å². The van der Waals surface area contributed by atoms with Crippen LogP contribution < -0.4 is 32.3 Å². The van der Waals surface area contributed by atoms with E-state index in [1.54, 1.807) is 0 Å². The standard InChI is InChI=1S/C41H51N7O13/c1-22(41(60)61)43-38(57)33(21-50)47-37(56)31(18-24-6-12-27(52)13-7-24)45-35(54)30(17-23-4-10-26(51)11-5-23)44-36(55)32(19-25-8-14-28(53)15-9-25)46-39(58)34-3-2-16-48(34)40(59)29(42)20-49/h4-15,22,29-34,49-53H,2-3,16-21,42H2,1H3,(H,43,57)(H,44,55)(H,45,54)(H,46,58)(H,47,56)(H,60,61)/t22-,29-,30-,31-,32-,33-,34-/m0/s1. The number of carbonyl (C=O) groups is 7. The summed E-state index contributed by atoms with van der Waals surface area (Å²) in [4.78, 5) is 94.4. The molecular formula is C41H51N7O13. The first-order valence-electron chi connectivity index (χ1n) is 19.4. The maximum atomic E-state index is 14.3. The van der Waals surface area contributed by atoms with E-state index in [1.165, 1.54) is 84.6 Å². The first kappa shape index (κ1) is 46.9. The van der Waals surface area contributed by atoms with Crippen molar-refractivity contribution in [3.8, 4) is 17.2 Å². The van der Waals surface area contributed by atoms with Gasteiger partial charge in [-0.2, -0.15) is 0 Å². The summed E-state index contributed by atoms with van der Waals surface area (Å²) in [5.41, 5.74) is 7.12. The molecular weight excluding hydrogens is 798 g/mol. The fourth-order valence-corrected chi connectivity index (χ4v) is 6.48. The number of aromatic hydroxyl groups is 3. The Morgan fingerprint density at radius 1 is 0.607 bits per heavy atom. The van der Waals surface area contributed by atoms with Crippen molar-refractivity contribution in [2.75, 3.05) is 19.8 Å². The Balaban J connectivity index is 1.65. The van der Waals surface area contributed by atoms with Crippen molar-refractivity contribution < 1.29 is 64.2 Å². The van der Waals surface area contributed by atoms with E-state index < -0.39 is 96.9 Å². The highest BCUT2D eigenvalue weighted by molar-refractivity contribution is 5.97. The van der Waals surface area contributed by atoms with Gasteiger partial charge in [-0.3, -0.25) is 33.6 Å². The molecule has 6 amide bonds. The van der Waals surface area contributed by atoms with Gasteiger partial charge in [0.2, 0.25) is 35.4 Å². The Labute approximate surface area is 350 Å². The summed E-state index contributed by atoms with van der Waals surface area (Å²) in [7, 11) is 0. The van der Waals surface area contributed by atoms with E-state index in [4.69, 9.17) is 5.73 Å². The number of aliphatic hydroxyl groups excluding tert-OH is 2. The highest BCUT2D eigenvalue weighted by atomic mass is 16.4. The molecule has 3 aromatic carbocycles. The zero-order valence-electron chi connectivity index (χ0n) is 33.2. The molecule has 61 heavy (non-hydrogen) atoms. The summed E-state index contributed by atoms with van der Waals surface area (Å²) in [6.45, 7) is -0.245. The minimum atomic E-state index is -1.64. The van der Waals surface area contributed by atoms with Gasteiger partial charge in [-0.05, 0) is 72.9 Å². The molecule has 0 aliphatic carbocycles. The normalized spacial score (nSPS) is 16.5. The van der Waals surface area contributed by atoms with Crippen LogP contribution in [0.25, 0.3) is 0 Å². The van der Waals surface area contributed by atoms with Gasteiger partial charge in [-0.25, -0.2) is 0 Å². The first-order valence-corrected chi connectivity index (χ1v) is 19.4. The Kier molecular flexibility index (Phi) is 16.9. The molecule has 13 N–H and O–H groups in total. The maximum Gasteiger partial charge on any atom is 0.325 e. The second-order valence-corrected chi connectivity index (χ2v) is 14.6. The summed E-state index contributed by atoms with van der Waals surface area (Å²) in [5, 5.41) is 70.6. The molecule has 0 bridgehead atoms. The molecule has 1 aliphatic rings. The topological polar surface area (TPSA) is 330 Å². The van der Waals surface area contributed by atoms with Crippen molar-refractivity contribution in [2.45, 2.75) is 81.3 Å². The Morgan fingerprint density at radius 3 is 1.36 bits per heavy atom. The molecule has 20 heteroatoms. The summed E-state index contributed by atoms with van der Waals surface area (Å²) < 4.78 is 0. The van der Waals surface area contributed by atoms with Gasteiger partial charge in [-0.1, -0.05) is 36.4 Å². The number of carboxylic acid groups (broad SMARTS) is 1. The number of carboxylic acids is 1. The average Bonchev–Trinajstić information content (AvgIpc) is 3.74. The summed E-state index contributed by atoms with van der Waals surface area (Å²) in [5.74, 6) is -6.79. The maximum absolute atomic E-state index is 14.3. The van der Waals surface area contributed by atoms with Crippen molar-refractivity contribution in [1.29, 1.82) is 0 Å². The zero-order valence-corrected chi connectivity index (χ0v) is 33.2. The van der Waals surface area contributed by atoms with E-state index in [0.717, 1.165) is 0 Å². The van der Waals surface area contributed by atoms with Gasteiger partial charge in [0.1, 0.15) is 59.5 Å². The van der Waals surface area contributed by atoms with Crippen LogP contribution in [0.15, 0.2) is 72.8 Å². The fourth-order valence-electron chi connectivity index (χ4n) is 6.48. The van der Waals surface area contributed by atoms with Crippen molar-refractivity contribution in [3.63, 3.8) is 0 Å². The molecule has 3 aromatic rings. The van der Waals surface area contributed by atoms with Gasteiger partial charge < -0.3 is 67.9 Å². The number of nitrogens with two attached hydrogens (primary N) is 1. The van der Waals surface area contributed by atoms with Crippen molar-refractivity contribution in [2.24, 2.45) is 5.73 Å². The third-order valence-corrected chi connectivity index (χ3v) is 9.92. The van der Waals surface area contributed by atoms with Gasteiger partial charge in [0.15, 0.2) is 0 Å². The molecule has 1 aliphatic heterocycles. The Bertz CT molecular complexity index is 2020. The number of nitrogens with one attached hydrogen (secondary N) is 5. The molecule has 0 spiro atoms. The highest BCUT2D eigenvalue weighted by Crippen LogP contribution is 2.20. The van der Waals surface area contributed by atoms with Gasteiger partial charge in [0.25, 0.3) is 0 Å². The molecule has 1 fully saturated rings. The van der Waals surface area contributed by atoms with E-state index in [2.05, 4.69) is 26.6 Å². The smallest absolute Gasteiger partial charge is 0.325 e. The van der Waals surface area contributed by atoms with Gasteiger partial charge >= 0.3 is 5.97 Å². The van der Waals surface area contributed by atoms with Crippen LogP contribution >= 0.6 is 0 Å². The number of carbonyl (C=O) groups excluding carboxylic acids is 6. The molecule has 0 radical (unpaired) electrons. The van der Waals surface area contributed by atoms with E-state index in [9.17, 15) is 64.2 Å². The summed E-state index contributed by atoms with van der Waals surface area (Å²) in [6, 6.07) is 7.38. The van der Waals surface area contributed by atoms with Crippen LogP contribution in [0, 0.1) is 0 Å². The molecule has 0 saturated carbocycles. The lowest BCUT2D eigenvalue weighted by atomic mass is 10.0. The number of phenolic OH excluding ortho intramolecular Hbond substituents is 3. The molecule has 20 nitrogen and oxygen atoms in total. The van der Waals surface area contributed by atoms with Crippen LogP contribution in [-0.2, 0) is 52.8 Å².